The van der Waals surface area contributed by atoms with Gasteiger partial charge in [-0.3, -0.25) is 4.79 Å². The van der Waals surface area contributed by atoms with Gasteiger partial charge in [-0.25, -0.2) is 4.98 Å². The van der Waals surface area contributed by atoms with Gasteiger partial charge in [-0.2, -0.15) is 0 Å². The van der Waals surface area contributed by atoms with Crippen LogP contribution >= 0.6 is 0 Å². The molecule has 0 spiro atoms. The number of hydrogen-bond acceptors (Lipinski definition) is 4. The number of methoxy groups -OCH3 is 1. The Hall–Kier alpha value is -2.76. The van der Waals surface area contributed by atoms with Gasteiger partial charge in [0.15, 0.2) is 5.76 Å². The average Bonchev–Trinajstić information content (AvgIpc) is 3.17. The third kappa shape index (κ3) is 2.75. The third-order valence-electron chi connectivity index (χ3n) is 4.21. The van der Waals surface area contributed by atoms with Gasteiger partial charge in [0, 0.05) is 43.0 Å². The molecule has 3 rings (SSSR count). The van der Waals surface area contributed by atoms with Crippen molar-refractivity contribution in [3.05, 3.63) is 47.7 Å². The number of benzene rings is 1. The van der Waals surface area contributed by atoms with Gasteiger partial charge in [-0.05, 0) is 26.0 Å². The summed E-state index contributed by atoms with van der Waals surface area (Å²) in [5, 5.41) is 0.919. The monoisotopic (exact) mass is 327 g/mol. The number of ether oxygens (including phenoxy) is 1. The Labute approximate surface area is 140 Å². The molecule has 0 aliphatic heterocycles. The van der Waals surface area contributed by atoms with Crippen LogP contribution in [0.4, 0.5) is 0 Å². The number of furan rings is 1. The van der Waals surface area contributed by atoms with E-state index in [1.165, 1.54) is 0 Å². The lowest BCUT2D eigenvalue weighted by molar-refractivity contribution is 0.0750. The summed E-state index contributed by atoms with van der Waals surface area (Å²) >= 11 is 0. The Kier molecular flexibility index (Phi) is 4.29. The van der Waals surface area contributed by atoms with Crippen LogP contribution in [0.5, 0.6) is 5.75 Å². The van der Waals surface area contributed by atoms with Gasteiger partial charge in [-0.1, -0.05) is 0 Å². The molecule has 1 aromatic carbocycles. The molecule has 0 bridgehead atoms. The number of nitrogens with zero attached hydrogens (tertiary/aromatic N) is 3. The molecule has 2 aromatic heterocycles. The Morgan fingerprint density at radius 2 is 2.21 bits per heavy atom. The molecule has 0 atom stereocenters. The van der Waals surface area contributed by atoms with Gasteiger partial charge >= 0.3 is 0 Å². The van der Waals surface area contributed by atoms with Gasteiger partial charge < -0.3 is 18.6 Å². The van der Waals surface area contributed by atoms with E-state index in [4.69, 9.17) is 9.15 Å². The lowest BCUT2D eigenvalue weighted by Gasteiger charge is -2.16. The first-order valence-electron chi connectivity index (χ1n) is 7.87. The highest BCUT2D eigenvalue weighted by atomic mass is 16.5. The van der Waals surface area contributed by atoms with Crippen molar-refractivity contribution in [2.24, 2.45) is 0 Å². The molecule has 24 heavy (non-hydrogen) atoms. The number of carbonyl (C=O) groups excluding carboxylic acids is 1. The highest BCUT2D eigenvalue weighted by Crippen LogP contribution is 2.29. The fourth-order valence-corrected chi connectivity index (χ4v) is 2.77. The summed E-state index contributed by atoms with van der Waals surface area (Å²) in [5.74, 6) is 1.75. The molecule has 0 radical (unpaired) electrons. The lowest BCUT2D eigenvalue weighted by Crippen LogP contribution is -2.27. The second-order valence-electron chi connectivity index (χ2n) is 5.71. The average molecular weight is 327 g/mol. The van der Waals surface area contributed by atoms with Crippen molar-refractivity contribution in [1.29, 1.82) is 0 Å². The fraction of sp³-hybridized carbons (Fsp3) is 0.333. The lowest BCUT2D eigenvalue weighted by atomic mass is 10.1. The van der Waals surface area contributed by atoms with E-state index in [1.54, 1.807) is 31.3 Å². The summed E-state index contributed by atoms with van der Waals surface area (Å²) in [6, 6.07) is 5.57. The summed E-state index contributed by atoms with van der Waals surface area (Å²) in [7, 11) is 3.36. The maximum atomic E-state index is 12.8. The van der Waals surface area contributed by atoms with Gasteiger partial charge in [0.2, 0.25) is 0 Å². The Balaban J connectivity index is 1.89. The zero-order valence-electron chi connectivity index (χ0n) is 14.4. The predicted octanol–water partition coefficient (Wildman–Crippen LogP) is 3.24. The van der Waals surface area contributed by atoms with E-state index < -0.39 is 0 Å². The number of carbonyl (C=O) groups is 1. The zero-order chi connectivity index (χ0) is 17.3. The van der Waals surface area contributed by atoms with E-state index in [9.17, 15) is 4.79 Å². The number of fused-ring (bicyclic) bond motifs is 1. The van der Waals surface area contributed by atoms with Crippen LogP contribution in [0.2, 0.25) is 0 Å². The van der Waals surface area contributed by atoms with Gasteiger partial charge in [-0.15, -0.1) is 0 Å². The molecule has 3 aromatic rings. The van der Waals surface area contributed by atoms with Crippen molar-refractivity contribution < 1.29 is 13.9 Å². The maximum Gasteiger partial charge on any atom is 0.290 e. The van der Waals surface area contributed by atoms with Crippen molar-refractivity contribution in [3.63, 3.8) is 0 Å². The van der Waals surface area contributed by atoms with Crippen LogP contribution in [0.1, 0.15) is 28.9 Å². The molecule has 2 heterocycles. The van der Waals surface area contributed by atoms with Crippen LogP contribution in [-0.4, -0.2) is 34.5 Å². The molecular formula is C18H21N3O3. The highest BCUT2D eigenvalue weighted by Gasteiger charge is 2.22. The van der Waals surface area contributed by atoms with Crippen molar-refractivity contribution >= 4 is 16.9 Å². The summed E-state index contributed by atoms with van der Waals surface area (Å²) in [4.78, 5) is 18.7. The second kappa shape index (κ2) is 6.39. The number of aromatic nitrogens is 2. The molecule has 0 aliphatic carbocycles. The van der Waals surface area contributed by atoms with Crippen LogP contribution in [-0.2, 0) is 13.1 Å². The molecular weight excluding hydrogens is 306 g/mol. The van der Waals surface area contributed by atoms with Crippen molar-refractivity contribution in [1.82, 2.24) is 14.5 Å². The van der Waals surface area contributed by atoms with Crippen LogP contribution in [0.15, 0.2) is 35.0 Å². The molecule has 0 saturated carbocycles. The van der Waals surface area contributed by atoms with Crippen LogP contribution in [0.3, 0.4) is 0 Å². The third-order valence-corrected chi connectivity index (χ3v) is 4.21. The van der Waals surface area contributed by atoms with Crippen molar-refractivity contribution in [2.75, 3.05) is 14.2 Å². The normalized spacial score (nSPS) is 11.0. The number of amides is 1. The van der Waals surface area contributed by atoms with Gasteiger partial charge in [0.1, 0.15) is 17.2 Å². The van der Waals surface area contributed by atoms with Gasteiger partial charge in [0.25, 0.3) is 5.91 Å². The number of imidazole rings is 1. The molecule has 0 unspecified atom stereocenters. The van der Waals surface area contributed by atoms with Crippen LogP contribution in [0, 0.1) is 6.92 Å². The molecule has 6 heteroatoms. The van der Waals surface area contributed by atoms with E-state index in [2.05, 4.69) is 4.98 Å². The number of rotatable bonds is 5. The quantitative estimate of drug-likeness (QED) is 0.722. The minimum absolute atomic E-state index is 0.159. The minimum Gasteiger partial charge on any atom is -0.497 e. The van der Waals surface area contributed by atoms with E-state index in [0.29, 0.717) is 23.6 Å². The first kappa shape index (κ1) is 16.1. The summed E-state index contributed by atoms with van der Waals surface area (Å²) in [6.45, 7) is 5.19. The molecule has 0 saturated heterocycles. The van der Waals surface area contributed by atoms with Crippen LogP contribution in [0.25, 0.3) is 11.0 Å². The highest BCUT2D eigenvalue weighted by molar-refractivity contribution is 5.99. The Morgan fingerprint density at radius 1 is 1.42 bits per heavy atom. The summed E-state index contributed by atoms with van der Waals surface area (Å²) < 4.78 is 13.0. The Morgan fingerprint density at radius 3 is 2.92 bits per heavy atom. The second-order valence-corrected chi connectivity index (χ2v) is 5.71. The largest absolute Gasteiger partial charge is 0.497 e. The standard InChI is InChI=1S/C18H21N3O3/c1-5-21-9-8-19-16(21)11-20(3)18(22)17-12(2)14-7-6-13(23-4)10-15(14)24-17/h6-10H,5,11H2,1-4H3. The molecule has 6 nitrogen and oxygen atoms in total. The summed E-state index contributed by atoms with van der Waals surface area (Å²) in [5.41, 5.74) is 1.49. The Bertz CT molecular complexity index is 879. The summed E-state index contributed by atoms with van der Waals surface area (Å²) in [6.07, 6.45) is 3.65. The molecule has 0 fully saturated rings. The first-order valence-corrected chi connectivity index (χ1v) is 7.87. The maximum absolute atomic E-state index is 12.8. The number of aryl methyl sites for hydroxylation is 2. The topological polar surface area (TPSA) is 60.5 Å². The molecule has 1 amide bonds. The minimum atomic E-state index is -0.159. The van der Waals surface area contributed by atoms with Gasteiger partial charge in [0.05, 0.1) is 13.7 Å². The van der Waals surface area contributed by atoms with E-state index in [0.717, 1.165) is 23.3 Å². The van der Waals surface area contributed by atoms with Crippen molar-refractivity contribution in [2.45, 2.75) is 26.9 Å². The van der Waals surface area contributed by atoms with Crippen LogP contribution < -0.4 is 4.74 Å². The fourth-order valence-electron chi connectivity index (χ4n) is 2.77. The number of hydrogen-bond donors (Lipinski definition) is 0. The van der Waals surface area contributed by atoms with Crippen molar-refractivity contribution in [3.8, 4) is 5.75 Å². The smallest absolute Gasteiger partial charge is 0.290 e. The zero-order valence-corrected chi connectivity index (χ0v) is 14.4. The molecule has 126 valence electrons. The molecule has 0 aliphatic rings. The van der Waals surface area contributed by atoms with E-state index in [1.807, 2.05) is 36.7 Å². The van der Waals surface area contributed by atoms with E-state index >= 15 is 0 Å². The SMILES string of the molecule is CCn1ccnc1CN(C)C(=O)c1oc2cc(OC)ccc2c1C. The van der Waals surface area contributed by atoms with E-state index in [-0.39, 0.29) is 5.91 Å². The first-order chi connectivity index (χ1) is 11.5. The molecule has 0 N–H and O–H groups in total. The predicted molar refractivity (Wildman–Crippen MR) is 91.2 cm³/mol.